The minimum Gasteiger partial charge on any atom is -0.481 e. The van der Waals surface area contributed by atoms with E-state index in [1.54, 1.807) is 31.2 Å². The second-order valence-corrected chi connectivity index (χ2v) is 8.47. The predicted molar refractivity (Wildman–Crippen MR) is 93.3 cm³/mol. The highest BCUT2D eigenvalue weighted by Crippen LogP contribution is 2.25. The Kier molecular flexibility index (Phi) is 6.18. The number of carbonyl (C=O) groups is 2. The van der Waals surface area contributed by atoms with Gasteiger partial charge < -0.3 is 10.4 Å². The number of carbonyl (C=O) groups excluding carboxylic acids is 1. The third kappa shape index (κ3) is 5.02. The summed E-state index contributed by atoms with van der Waals surface area (Å²) in [6.07, 6.45) is 2.32. The fraction of sp³-hybridized carbons (Fsp3) is 0.529. The third-order valence-electron chi connectivity index (χ3n) is 4.57. The van der Waals surface area contributed by atoms with Gasteiger partial charge in [0.1, 0.15) is 0 Å². The van der Waals surface area contributed by atoms with E-state index in [1.165, 1.54) is 4.31 Å². The first-order valence-corrected chi connectivity index (χ1v) is 10.1. The van der Waals surface area contributed by atoms with Gasteiger partial charge in [-0.25, -0.2) is 12.7 Å². The second-order valence-electron chi connectivity index (χ2n) is 6.48. The van der Waals surface area contributed by atoms with Crippen LogP contribution in [0.2, 0.25) is 0 Å². The molecule has 1 aliphatic heterocycles. The van der Waals surface area contributed by atoms with Crippen molar-refractivity contribution in [1.82, 2.24) is 9.62 Å². The number of amides is 1. The monoisotopic (exact) mass is 368 g/mol. The molecule has 0 bridgehead atoms. The van der Waals surface area contributed by atoms with Gasteiger partial charge >= 0.3 is 5.97 Å². The van der Waals surface area contributed by atoms with Crippen LogP contribution in [0.3, 0.4) is 0 Å². The zero-order chi connectivity index (χ0) is 18.6. The summed E-state index contributed by atoms with van der Waals surface area (Å²) in [7, 11) is -3.34. The van der Waals surface area contributed by atoms with E-state index in [4.69, 9.17) is 0 Å². The number of nitrogens with one attached hydrogen (secondary N) is 1. The largest absolute Gasteiger partial charge is 0.481 e. The van der Waals surface area contributed by atoms with Gasteiger partial charge in [0.2, 0.25) is 15.9 Å². The lowest BCUT2D eigenvalue weighted by molar-refractivity contribution is -0.142. The third-order valence-corrected chi connectivity index (χ3v) is 5.84. The van der Waals surface area contributed by atoms with Crippen molar-refractivity contribution < 1.29 is 23.1 Å². The predicted octanol–water partition coefficient (Wildman–Crippen LogP) is 1.24. The molecule has 7 nitrogen and oxygen atoms in total. The average molecular weight is 368 g/mol. The van der Waals surface area contributed by atoms with Gasteiger partial charge in [0.05, 0.1) is 24.1 Å². The number of carboxylic acid groups (broad SMARTS) is 1. The van der Waals surface area contributed by atoms with Crippen LogP contribution < -0.4 is 5.32 Å². The van der Waals surface area contributed by atoms with Crippen LogP contribution in [0.4, 0.5) is 0 Å². The molecule has 0 aliphatic carbocycles. The molecule has 0 aromatic heterocycles. The highest BCUT2D eigenvalue weighted by atomic mass is 32.2. The molecule has 0 spiro atoms. The van der Waals surface area contributed by atoms with Crippen molar-refractivity contribution in [3.8, 4) is 0 Å². The van der Waals surface area contributed by atoms with Gasteiger partial charge in [0.15, 0.2) is 0 Å². The molecule has 25 heavy (non-hydrogen) atoms. The average Bonchev–Trinajstić information content (AvgIpc) is 2.59. The van der Waals surface area contributed by atoms with Gasteiger partial charge in [-0.2, -0.15) is 0 Å². The first-order chi connectivity index (χ1) is 11.7. The van der Waals surface area contributed by atoms with Crippen LogP contribution in [0, 0.1) is 11.8 Å². The van der Waals surface area contributed by atoms with Crippen molar-refractivity contribution >= 4 is 21.9 Å². The number of carboxylic acids is 1. The van der Waals surface area contributed by atoms with Crippen molar-refractivity contribution in [3.05, 3.63) is 35.9 Å². The van der Waals surface area contributed by atoms with Crippen molar-refractivity contribution in [2.75, 3.05) is 19.3 Å². The highest BCUT2D eigenvalue weighted by Gasteiger charge is 2.33. The molecule has 1 heterocycles. The van der Waals surface area contributed by atoms with E-state index in [-0.39, 0.29) is 12.5 Å². The summed E-state index contributed by atoms with van der Waals surface area (Å²) in [5, 5.41) is 12.2. The zero-order valence-electron chi connectivity index (χ0n) is 14.4. The molecule has 1 aromatic rings. The van der Waals surface area contributed by atoms with Crippen LogP contribution in [0.1, 0.15) is 31.4 Å². The maximum absolute atomic E-state index is 12.7. The van der Waals surface area contributed by atoms with Crippen LogP contribution >= 0.6 is 0 Å². The molecule has 0 radical (unpaired) electrons. The van der Waals surface area contributed by atoms with E-state index in [0.29, 0.717) is 24.9 Å². The minimum atomic E-state index is -3.34. The fourth-order valence-electron chi connectivity index (χ4n) is 3.03. The van der Waals surface area contributed by atoms with E-state index in [9.17, 15) is 23.1 Å². The SMILES string of the molecule is CC(C(=O)O)C(NC(=O)C1CCCN(S(C)(=O)=O)C1)c1ccccc1. The normalized spacial score (nSPS) is 21.3. The number of rotatable bonds is 6. The quantitative estimate of drug-likeness (QED) is 0.786. The summed E-state index contributed by atoms with van der Waals surface area (Å²) in [5.74, 6) is -2.59. The Morgan fingerprint density at radius 3 is 2.48 bits per heavy atom. The maximum atomic E-state index is 12.7. The molecular weight excluding hydrogens is 344 g/mol. The van der Waals surface area contributed by atoms with Crippen LogP contribution in [0.5, 0.6) is 0 Å². The Labute approximate surface area is 148 Å². The number of hydrogen-bond acceptors (Lipinski definition) is 4. The zero-order valence-corrected chi connectivity index (χ0v) is 15.2. The first kappa shape index (κ1) is 19.4. The lowest BCUT2D eigenvalue weighted by Crippen LogP contribution is -2.46. The summed E-state index contributed by atoms with van der Waals surface area (Å²) in [6.45, 7) is 2.09. The Hall–Kier alpha value is -1.93. The van der Waals surface area contributed by atoms with Crippen molar-refractivity contribution in [2.24, 2.45) is 11.8 Å². The maximum Gasteiger partial charge on any atom is 0.308 e. The Morgan fingerprint density at radius 1 is 1.28 bits per heavy atom. The molecule has 138 valence electrons. The number of sulfonamides is 1. The Morgan fingerprint density at radius 2 is 1.92 bits per heavy atom. The highest BCUT2D eigenvalue weighted by molar-refractivity contribution is 7.88. The first-order valence-electron chi connectivity index (χ1n) is 8.23. The molecule has 8 heteroatoms. The van der Waals surface area contributed by atoms with Gasteiger partial charge in [-0.3, -0.25) is 9.59 Å². The molecule has 0 saturated carbocycles. The van der Waals surface area contributed by atoms with Crippen LogP contribution in [0.25, 0.3) is 0 Å². The van der Waals surface area contributed by atoms with Crippen LogP contribution in [-0.2, 0) is 19.6 Å². The molecule has 3 unspecified atom stereocenters. The fourth-order valence-corrected chi connectivity index (χ4v) is 3.94. The lowest BCUT2D eigenvalue weighted by Gasteiger charge is -2.32. The molecule has 1 aliphatic rings. The number of aliphatic carboxylic acids is 1. The van der Waals surface area contributed by atoms with E-state index in [2.05, 4.69) is 5.32 Å². The van der Waals surface area contributed by atoms with Gasteiger partial charge in [-0.1, -0.05) is 30.3 Å². The van der Waals surface area contributed by atoms with Gasteiger partial charge in [-0.15, -0.1) is 0 Å². The topological polar surface area (TPSA) is 104 Å². The number of hydrogen-bond donors (Lipinski definition) is 2. The van der Waals surface area contributed by atoms with Gasteiger partial charge in [0.25, 0.3) is 0 Å². The molecule has 2 N–H and O–H groups in total. The molecule has 1 fully saturated rings. The number of nitrogens with zero attached hydrogens (tertiary/aromatic N) is 1. The van der Waals surface area contributed by atoms with Gasteiger partial charge in [-0.05, 0) is 25.3 Å². The second kappa shape index (κ2) is 7.97. The Balaban J connectivity index is 2.15. The van der Waals surface area contributed by atoms with Crippen molar-refractivity contribution in [3.63, 3.8) is 0 Å². The van der Waals surface area contributed by atoms with E-state index >= 15 is 0 Å². The summed E-state index contributed by atoms with van der Waals surface area (Å²) in [5.41, 5.74) is 0.710. The molecule has 1 amide bonds. The van der Waals surface area contributed by atoms with E-state index in [1.807, 2.05) is 6.07 Å². The standard InChI is InChI=1S/C17H24N2O5S/c1-12(17(21)22)15(13-7-4-3-5-8-13)18-16(20)14-9-6-10-19(11-14)25(2,23)24/h3-5,7-8,12,14-15H,6,9-11H2,1-2H3,(H,18,20)(H,21,22). The van der Waals surface area contributed by atoms with Crippen LogP contribution in [-0.4, -0.2) is 49.1 Å². The molecule has 3 atom stereocenters. The van der Waals surface area contributed by atoms with Crippen LogP contribution in [0.15, 0.2) is 30.3 Å². The van der Waals surface area contributed by atoms with E-state index < -0.39 is 33.9 Å². The lowest BCUT2D eigenvalue weighted by atomic mass is 9.92. The molecule has 2 rings (SSSR count). The van der Waals surface area contributed by atoms with Crippen molar-refractivity contribution in [2.45, 2.75) is 25.8 Å². The summed E-state index contributed by atoms with van der Waals surface area (Å²) in [4.78, 5) is 24.1. The Bertz CT molecular complexity index is 720. The molecular formula is C17H24N2O5S. The number of benzene rings is 1. The molecule has 1 aromatic carbocycles. The summed E-state index contributed by atoms with van der Waals surface area (Å²) in [6, 6.07) is 8.27. The van der Waals surface area contributed by atoms with E-state index in [0.717, 1.165) is 6.26 Å². The smallest absolute Gasteiger partial charge is 0.308 e. The minimum absolute atomic E-state index is 0.133. The number of piperidine rings is 1. The summed E-state index contributed by atoms with van der Waals surface area (Å²) < 4.78 is 24.7. The summed E-state index contributed by atoms with van der Waals surface area (Å²) >= 11 is 0. The van der Waals surface area contributed by atoms with Crippen molar-refractivity contribution in [1.29, 1.82) is 0 Å². The molecule has 1 saturated heterocycles. The van der Waals surface area contributed by atoms with Gasteiger partial charge in [0, 0.05) is 13.1 Å².